The van der Waals surface area contributed by atoms with Crippen molar-refractivity contribution in [2.45, 2.75) is 6.54 Å². The van der Waals surface area contributed by atoms with Crippen LogP contribution < -0.4 is 16.0 Å². The van der Waals surface area contributed by atoms with Crippen molar-refractivity contribution >= 4 is 59.0 Å². The van der Waals surface area contributed by atoms with Gasteiger partial charge in [0.25, 0.3) is 5.91 Å². The molecule has 5 nitrogen and oxygen atoms in total. The molecule has 0 fully saturated rings. The minimum absolute atomic E-state index is 0. The zero-order valence-corrected chi connectivity index (χ0v) is 18.1. The van der Waals surface area contributed by atoms with Gasteiger partial charge in [-0.1, -0.05) is 47.5 Å². The molecule has 2 rings (SSSR count). The van der Waals surface area contributed by atoms with Gasteiger partial charge in [-0.05, 0) is 29.8 Å². The molecular formula is C18H21Cl2IN4O. The van der Waals surface area contributed by atoms with Gasteiger partial charge >= 0.3 is 0 Å². The highest BCUT2D eigenvalue weighted by Gasteiger charge is 2.08. The van der Waals surface area contributed by atoms with Crippen molar-refractivity contribution in [3.63, 3.8) is 0 Å². The summed E-state index contributed by atoms with van der Waals surface area (Å²) in [6.07, 6.45) is 0. The zero-order valence-electron chi connectivity index (χ0n) is 14.3. The van der Waals surface area contributed by atoms with Crippen LogP contribution in [0.1, 0.15) is 15.9 Å². The van der Waals surface area contributed by atoms with Crippen molar-refractivity contribution in [2.24, 2.45) is 4.99 Å². The number of amides is 1. The Hall–Kier alpha value is -1.51. The van der Waals surface area contributed by atoms with Crippen LogP contribution in [0.4, 0.5) is 0 Å². The smallest absolute Gasteiger partial charge is 0.252 e. The maximum absolute atomic E-state index is 12.0. The Bertz CT molecular complexity index is 738. The summed E-state index contributed by atoms with van der Waals surface area (Å²) in [5, 5.41) is 10.3. The van der Waals surface area contributed by atoms with Gasteiger partial charge in [0.05, 0.1) is 10.6 Å². The van der Waals surface area contributed by atoms with E-state index in [0.717, 1.165) is 5.56 Å². The van der Waals surface area contributed by atoms with Crippen LogP contribution in [0, 0.1) is 0 Å². The van der Waals surface area contributed by atoms with Crippen molar-refractivity contribution in [1.29, 1.82) is 0 Å². The molecule has 1 amide bonds. The molecule has 0 saturated heterocycles. The highest BCUT2D eigenvalue weighted by atomic mass is 127. The lowest BCUT2D eigenvalue weighted by Crippen LogP contribution is -2.41. The van der Waals surface area contributed by atoms with Crippen molar-refractivity contribution in [2.75, 3.05) is 20.1 Å². The first-order valence-electron chi connectivity index (χ1n) is 7.82. The van der Waals surface area contributed by atoms with Crippen molar-refractivity contribution in [3.05, 3.63) is 69.7 Å². The number of hydrogen-bond donors (Lipinski definition) is 3. The minimum atomic E-state index is -0.198. The number of nitrogens with zero attached hydrogens (tertiary/aromatic N) is 1. The van der Waals surface area contributed by atoms with Crippen LogP contribution in [0.2, 0.25) is 10.0 Å². The highest BCUT2D eigenvalue weighted by Crippen LogP contribution is 2.14. The molecule has 0 aliphatic carbocycles. The summed E-state index contributed by atoms with van der Waals surface area (Å²) in [5.41, 5.74) is 1.56. The molecule has 3 N–H and O–H groups in total. The van der Waals surface area contributed by atoms with Gasteiger partial charge in [0.15, 0.2) is 5.96 Å². The third-order valence-corrected chi connectivity index (χ3v) is 4.00. The van der Waals surface area contributed by atoms with Gasteiger partial charge in [0, 0.05) is 31.7 Å². The Labute approximate surface area is 180 Å². The van der Waals surface area contributed by atoms with Gasteiger partial charge in [-0.25, -0.2) is 0 Å². The molecule has 0 aromatic heterocycles. The molecule has 0 unspecified atom stereocenters. The highest BCUT2D eigenvalue weighted by molar-refractivity contribution is 14.0. The van der Waals surface area contributed by atoms with E-state index in [2.05, 4.69) is 20.9 Å². The van der Waals surface area contributed by atoms with E-state index in [1.54, 1.807) is 31.3 Å². The lowest BCUT2D eigenvalue weighted by atomic mass is 10.2. The third kappa shape index (κ3) is 7.39. The predicted molar refractivity (Wildman–Crippen MR) is 119 cm³/mol. The van der Waals surface area contributed by atoms with Gasteiger partial charge in [0.1, 0.15) is 0 Å². The number of guanidine groups is 1. The summed E-state index contributed by atoms with van der Waals surface area (Å²) in [7, 11) is 1.69. The van der Waals surface area contributed by atoms with Gasteiger partial charge in [-0.3, -0.25) is 9.79 Å². The number of benzene rings is 2. The van der Waals surface area contributed by atoms with Crippen molar-refractivity contribution in [1.82, 2.24) is 16.0 Å². The Balaban J connectivity index is 0.00000338. The fourth-order valence-electron chi connectivity index (χ4n) is 2.11. The van der Waals surface area contributed by atoms with E-state index in [4.69, 9.17) is 23.2 Å². The molecule has 26 heavy (non-hydrogen) atoms. The van der Waals surface area contributed by atoms with Crippen LogP contribution in [0.25, 0.3) is 0 Å². The normalized spacial score (nSPS) is 10.7. The van der Waals surface area contributed by atoms with Crippen LogP contribution >= 0.6 is 47.2 Å². The maximum atomic E-state index is 12.0. The van der Waals surface area contributed by atoms with Gasteiger partial charge in [0.2, 0.25) is 0 Å². The minimum Gasteiger partial charge on any atom is -0.355 e. The van der Waals surface area contributed by atoms with Gasteiger partial charge in [-0.15, -0.1) is 24.0 Å². The Morgan fingerprint density at radius 1 is 0.962 bits per heavy atom. The Morgan fingerprint density at radius 3 is 2.27 bits per heavy atom. The summed E-state index contributed by atoms with van der Waals surface area (Å²) in [6.45, 7) is 1.62. The van der Waals surface area contributed by atoms with E-state index >= 15 is 0 Å². The standard InChI is InChI=1S/C18H20Cl2N4O.HI/c1-21-18(24-12-13-6-8-14(19)9-7-13)23-11-10-22-17(25)15-4-2-3-5-16(15)20;/h2-9H,10-12H2,1H3,(H,22,25)(H2,21,23,24);1H. The first-order valence-corrected chi connectivity index (χ1v) is 8.57. The van der Waals surface area contributed by atoms with E-state index < -0.39 is 0 Å². The van der Waals surface area contributed by atoms with Crippen molar-refractivity contribution in [3.8, 4) is 0 Å². The maximum Gasteiger partial charge on any atom is 0.252 e. The van der Waals surface area contributed by atoms with E-state index in [1.165, 1.54) is 0 Å². The molecule has 0 radical (unpaired) electrons. The first kappa shape index (κ1) is 22.5. The van der Waals surface area contributed by atoms with Crippen LogP contribution in [-0.2, 0) is 6.54 Å². The lowest BCUT2D eigenvalue weighted by Gasteiger charge is -2.12. The van der Waals surface area contributed by atoms with E-state index in [1.807, 2.05) is 24.3 Å². The molecule has 2 aromatic rings. The summed E-state index contributed by atoms with van der Waals surface area (Å²) in [5.74, 6) is 0.457. The van der Waals surface area contributed by atoms with E-state index in [-0.39, 0.29) is 29.9 Å². The second kappa shape index (κ2) is 12.0. The molecule has 2 aromatic carbocycles. The molecule has 0 spiro atoms. The summed E-state index contributed by atoms with van der Waals surface area (Å²) in [4.78, 5) is 16.2. The van der Waals surface area contributed by atoms with Crippen LogP contribution in [0.15, 0.2) is 53.5 Å². The fourth-order valence-corrected chi connectivity index (χ4v) is 2.45. The molecule has 140 valence electrons. The summed E-state index contributed by atoms with van der Waals surface area (Å²) >= 11 is 11.9. The summed E-state index contributed by atoms with van der Waals surface area (Å²) in [6, 6.07) is 14.5. The second-order valence-electron chi connectivity index (χ2n) is 5.21. The van der Waals surface area contributed by atoms with E-state index in [9.17, 15) is 4.79 Å². The summed E-state index contributed by atoms with van der Waals surface area (Å²) < 4.78 is 0. The predicted octanol–water partition coefficient (Wildman–Crippen LogP) is 3.71. The average molecular weight is 507 g/mol. The Morgan fingerprint density at radius 2 is 1.62 bits per heavy atom. The topological polar surface area (TPSA) is 65.5 Å². The van der Waals surface area contributed by atoms with Crippen LogP contribution in [0.5, 0.6) is 0 Å². The quantitative estimate of drug-likeness (QED) is 0.242. The molecule has 8 heteroatoms. The van der Waals surface area contributed by atoms with Crippen LogP contribution in [-0.4, -0.2) is 32.0 Å². The fraction of sp³-hybridized carbons (Fsp3) is 0.222. The first-order chi connectivity index (χ1) is 12.1. The molecule has 0 heterocycles. The molecule has 0 atom stereocenters. The third-order valence-electron chi connectivity index (χ3n) is 3.42. The number of nitrogens with one attached hydrogen (secondary N) is 3. The molecule has 0 saturated carbocycles. The second-order valence-corrected chi connectivity index (χ2v) is 6.06. The molecule has 0 aliphatic heterocycles. The number of aliphatic imine (C=N–C) groups is 1. The largest absolute Gasteiger partial charge is 0.355 e. The number of halogens is 3. The van der Waals surface area contributed by atoms with Crippen LogP contribution in [0.3, 0.4) is 0 Å². The number of carbonyl (C=O) groups excluding carboxylic acids is 1. The van der Waals surface area contributed by atoms with Gasteiger partial charge < -0.3 is 16.0 Å². The molecule has 0 bridgehead atoms. The Kier molecular flexibility index (Phi) is 10.4. The van der Waals surface area contributed by atoms with E-state index in [0.29, 0.717) is 41.2 Å². The zero-order chi connectivity index (χ0) is 18.1. The lowest BCUT2D eigenvalue weighted by molar-refractivity contribution is 0.0954. The molecule has 0 aliphatic rings. The number of hydrogen-bond acceptors (Lipinski definition) is 2. The van der Waals surface area contributed by atoms with Crippen molar-refractivity contribution < 1.29 is 4.79 Å². The molecular weight excluding hydrogens is 486 g/mol. The SMILES string of the molecule is CN=C(NCCNC(=O)c1ccccc1Cl)NCc1ccc(Cl)cc1.I. The average Bonchev–Trinajstić information content (AvgIpc) is 2.62. The van der Waals surface area contributed by atoms with Gasteiger partial charge in [-0.2, -0.15) is 0 Å². The number of carbonyl (C=O) groups is 1. The monoisotopic (exact) mass is 506 g/mol. The number of rotatable bonds is 6.